The summed E-state index contributed by atoms with van der Waals surface area (Å²) in [5, 5.41) is 9.73. The van der Waals surface area contributed by atoms with Gasteiger partial charge in [0.1, 0.15) is 5.75 Å². The maximum Gasteiger partial charge on any atom is 0.134 e. The summed E-state index contributed by atoms with van der Waals surface area (Å²) in [6.07, 6.45) is 1.92. The van der Waals surface area contributed by atoms with Crippen LogP contribution in [0.1, 0.15) is 23.6 Å². The topological polar surface area (TPSA) is 46.2 Å². The number of fused-ring (bicyclic) bond motifs is 1. The molecule has 0 bridgehead atoms. The fourth-order valence-corrected chi connectivity index (χ4v) is 1.83. The molecule has 1 aromatic carbocycles. The standard InChI is InChI=1S/C9H10ClNO/c10-7-3-5-1-2-8(11)6(5)4-9(7)12/h3-4,8,12H,1-2,11H2. The van der Waals surface area contributed by atoms with Crippen molar-refractivity contribution in [2.24, 2.45) is 5.73 Å². The van der Waals surface area contributed by atoms with Gasteiger partial charge in [-0.05, 0) is 36.1 Å². The van der Waals surface area contributed by atoms with Gasteiger partial charge in [-0.25, -0.2) is 0 Å². The van der Waals surface area contributed by atoms with Crippen LogP contribution in [0.25, 0.3) is 0 Å². The molecule has 0 spiro atoms. The minimum absolute atomic E-state index is 0.0724. The van der Waals surface area contributed by atoms with E-state index < -0.39 is 0 Å². The first-order valence-corrected chi connectivity index (χ1v) is 4.33. The van der Waals surface area contributed by atoms with E-state index in [4.69, 9.17) is 17.3 Å². The van der Waals surface area contributed by atoms with E-state index in [-0.39, 0.29) is 11.8 Å². The summed E-state index contributed by atoms with van der Waals surface area (Å²) in [7, 11) is 0. The van der Waals surface area contributed by atoms with Crippen LogP contribution in [-0.4, -0.2) is 5.11 Å². The maximum atomic E-state index is 9.31. The molecule has 1 aliphatic carbocycles. The largest absolute Gasteiger partial charge is 0.506 e. The Morgan fingerprint density at radius 3 is 3.00 bits per heavy atom. The Hall–Kier alpha value is -0.730. The first-order valence-electron chi connectivity index (χ1n) is 3.95. The molecule has 0 heterocycles. The number of hydrogen-bond donors (Lipinski definition) is 2. The molecule has 0 saturated carbocycles. The van der Waals surface area contributed by atoms with Gasteiger partial charge < -0.3 is 10.8 Å². The quantitative estimate of drug-likeness (QED) is 0.646. The fourth-order valence-electron chi connectivity index (χ4n) is 1.65. The van der Waals surface area contributed by atoms with Crippen LogP contribution in [0.15, 0.2) is 12.1 Å². The highest BCUT2D eigenvalue weighted by Gasteiger charge is 2.20. The average Bonchev–Trinajstić information content (AvgIpc) is 2.35. The minimum Gasteiger partial charge on any atom is -0.506 e. The highest BCUT2D eigenvalue weighted by atomic mass is 35.5. The zero-order valence-corrected chi connectivity index (χ0v) is 7.30. The summed E-state index contributed by atoms with van der Waals surface area (Å²) in [5.41, 5.74) is 8.02. The zero-order chi connectivity index (χ0) is 8.72. The second kappa shape index (κ2) is 2.64. The first kappa shape index (κ1) is 7.90. The SMILES string of the molecule is NC1CCc2cc(Cl)c(O)cc21. The number of phenols is 1. The minimum atomic E-state index is 0.0724. The molecule has 64 valence electrons. The van der Waals surface area contributed by atoms with E-state index in [2.05, 4.69) is 0 Å². The lowest BCUT2D eigenvalue weighted by molar-refractivity contribution is 0.474. The lowest BCUT2D eigenvalue weighted by Gasteiger charge is -2.05. The molecule has 0 saturated heterocycles. The third-order valence-electron chi connectivity index (χ3n) is 2.33. The molecule has 1 atom stereocenters. The van der Waals surface area contributed by atoms with Gasteiger partial charge in [-0.15, -0.1) is 0 Å². The van der Waals surface area contributed by atoms with Crippen LogP contribution < -0.4 is 5.73 Å². The Morgan fingerprint density at radius 1 is 1.50 bits per heavy atom. The molecule has 12 heavy (non-hydrogen) atoms. The molecule has 1 unspecified atom stereocenters. The van der Waals surface area contributed by atoms with Gasteiger partial charge in [0.15, 0.2) is 0 Å². The van der Waals surface area contributed by atoms with E-state index in [0.29, 0.717) is 5.02 Å². The summed E-state index contributed by atoms with van der Waals surface area (Å²) >= 11 is 5.75. The van der Waals surface area contributed by atoms with Gasteiger partial charge in [0.05, 0.1) is 5.02 Å². The van der Waals surface area contributed by atoms with Gasteiger partial charge in [0.25, 0.3) is 0 Å². The summed E-state index contributed by atoms with van der Waals surface area (Å²) < 4.78 is 0. The molecule has 1 aliphatic rings. The molecule has 0 radical (unpaired) electrons. The monoisotopic (exact) mass is 183 g/mol. The number of benzene rings is 1. The molecular formula is C9H10ClNO. The van der Waals surface area contributed by atoms with Gasteiger partial charge in [-0.2, -0.15) is 0 Å². The molecule has 2 rings (SSSR count). The molecule has 1 aromatic rings. The number of rotatable bonds is 0. The van der Waals surface area contributed by atoms with Crippen molar-refractivity contribution >= 4 is 11.6 Å². The van der Waals surface area contributed by atoms with Crippen LogP contribution in [0.5, 0.6) is 5.75 Å². The molecule has 0 amide bonds. The van der Waals surface area contributed by atoms with E-state index in [1.54, 1.807) is 12.1 Å². The number of hydrogen-bond acceptors (Lipinski definition) is 2. The predicted molar refractivity (Wildman–Crippen MR) is 48.4 cm³/mol. The van der Waals surface area contributed by atoms with Crippen LogP contribution in [0.4, 0.5) is 0 Å². The molecule has 0 aromatic heterocycles. The van der Waals surface area contributed by atoms with Crippen molar-refractivity contribution in [3.8, 4) is 5.75 Å². The number of nitrogens with two attached hydrogens (primary N) is 1. The van der Waals surface area contributed by atoms with E-state index in [9.17, 15) is 5.11 Å². The molecule has 3 heteroatoms. The highest BCUT2D eigenvalue weighted by molar-refractivity contribution is 6.32. The van der Waals surface area contributed by atoms with Crippen LogP contribution in [0, 0.1) is 0 Å². The third-order valence-corrected chi connectivity index (χ3v) is 2.64. The smallest absolute Gasteiger partial charge is 0.134 e. The van der Waals surface area contributed by atoms with Gasteiger partial charge >= 0.3 is 0 Å². The lowest BCUT2D eigenvalue weighted by Crippen LogP contribution is -2.04. The second-order valence-corrected chi connectivity index (χ2v) is 3.55. The Kier molecular flexibility index (Phi) is 1.74. The van der Waals surface area contributed by atoms with Crippen molar-refractivity contribution in [2.75, 3.05) is 0 Å². The van der Waals surface area contributed by atoms with Crippen LogP contribution in [0.3, 0.4) is 0 Å². The van der Waals surface area contributed by atoms with Crippen LogP contribution in [-0.2, 0) is 6.42 Å². The summed E-state index contributed by atoms with van der Waals surface area (Å²) in [5.74, 6) is 0.132. The van der Waals surface area contributed by atoms with Gasteiger partial charge in [0, 0.05) is 6.04 Å². The Morgan fingerprint density at radius 2 is 2.25 bits per heavy atom. The average molecular weight is 184 g/mol. The Balaban J connectivity index is 2.56. The number of halogens is 1. The van der Waals surface area contributed by atoms with Crippen molar-refractivity contribution in [1.29, 1.82) is 0 Å². The summed E-state index contributed by atoms with van der Waals surface area (Å²) in [6.45, 7) is 0. The molecule has 0 fully saturated rings. The number of aromatic hydroxyl groups is 1. The third kappa shape index (κ3) is 1.08. The van der Waals surface area contributed by atoms with Gasteiger partial charge in [-0.3, -0.25) is 0 Å². The van der Waals surface area contributed by atoms with Crippen molar-refractivity contribution in [3.63, 3.8) is 0 Å². The zero-order valence-electron chi connectivity index (χ0n) is 6.55. The predicted octanol–water partition coefficient (Wildman–Crippen LogP) is 1.99. The summed E-state index contributed by atoms with van der Waals surface area (Å²) in [6, 6.07) is 3.55. The van der Waals surface area contributed by atoms with Crippen molar-refractivity contribution < 1.29 is 5.11 Å². The number of phenolic OH excluding ortho intramolecular Hbond substituents is 1. The van der Waals surface area contributed by atoms with Crippen molar-refractivity contribution in [1.82, 2.24) is 0 Å². The highest BCUT2D eigenvalue weighted by Crippen LogP contribution is 2.35. The lowest BCUT2D eigenvalue weighted by atomic mass is 10.1. The van der Waals surface area contributed by atoms with E-state index in [1.807, 2.05) is 0 Å². The Bertz CT molecular complexity index is 325. The van der Waals surface area contributed by atoms with E-state index in [1.165, 1.54) is 5.56 Å². The molecule has 2 nitrogen and oxygen atoms in total. The van der Waals surface area contributed by atoms with E-state index in [0.717, 1.165) is 18.4 Å². The summed E-state index contributed by atoms with van der Waals surface area (Å²) in [4.78, 5) is 0. The molecule has 3 N–H and O–H groups in total. The van der Waals surface area contributed by atoms with Gasteiger partial charge in [-0.1, -0.05) is 11.6 Å². The van der Waals surface area contributed by atoms with Crippen molar-refractivity contribution in [3.05, 3.63) is 28.3 Å². The Labute approximate surface area is 76.0 Å². The second-order valence-electron chi connectivity index (χ2n) is 3.15. The normalized spacial score (nSPS) is 21.0. The number of aryl methyl sites for hydroxylation is 1. The van der Waals surface area contributed by atoms with E-state index >= 15 is 0 Å². The van der Waals surface area contributed by atoms with Crippen molar-refractivity contribution in [2.45, 2.75) is 18.9 Å². The first-order chi connectivity index (χ1) is 5.68. The van der Waals surface area contributed by atoms with Crippen LogP contribution >= 0.6 is 11.6 Å². The van der Waals surface area contributed by atoms with Crippen LogP contribution in [0.2, 0.25) is 5.02 Å². The molecular weight excluding hydrogens is 174 g/mol. The molecule has 0 aliphatic heterocycles. The maximum absolute atomic E-state index is 9.31. The van der Waals surface area contributed by atoms with Gasteiger partial charge in [0.2, 0.25) is 0 Å². The fraction of sp³-hybridized carbons (Fsp3) is 0.333.